The Morgan fingerprint density at radius 3 is 2.76 bits per heavy atom. The van der Waals surface area contributed by atoms with Crippen LogP contribution in [0.4, 0.5) is 10.9 Å². The van der Waals surface area contributed by atoms with E-state index < -0.39 is 0 Å². The molecule has 2 aromatic heterocycles. The van der Waals surface area contributed by atoms with E-state index >= 15 is 0 Å². The number of fused-ring (bicyclic) bond motifs is 1. The maximum Gasteiger partial charge on any atom is 0.254 e. The molecule has 25 heavy (non-hydrogen) atoms. The van der Waals surface area contributed by atoms with Crippen LogP contribution < -0.4 is 5.32 Å². The third-order valence-electron chi connectivity index (χ3n) is 4.07. The number of amides is 1. The molecule has 4 rings (SSSR count). The number of hydrogen-bond acceptors (Lipinski definition) is 6. The maximum atomic E-state index is 12.6. The van der Waals surface area contributed by atoms with Crippen LogP contribution in [0.2, 0.25) is 0 Å². The van der Waals surface area contributed by atoms with Gasteiger partial charge < -0.3 is 10.2 Å². The minimum absolute atomic E-state index is 0.0681. The standard InChI is InChI=1S/C18H17N5OS/c1-12-7-8-16(22-21-12)20-18-19-14-9-10-23(11-15(14)25-18)17(24)13-5-3-2-4-6-13/h2-8H,9-11H2,1H3,(H,19,20,22). The SMILES string of the molecule is Cc1ccc(Nc2nc3c(s2)CN(C(=O)c2ccccc2)CC3)nn1. The van der Waals surface area contributed by atoms with Crippen LogP contribution in [-0.2, 0) is 13.0 Å². The lowest BCUT2D eigenvalue weighted by Crippen LogP contribution is -2.35. The van der Waals surface area contributed by atoms with Crippen molar-refractivity contribution < 1.29 is 4.79 Å². The number of rotatable bonds is 3. The van der Waals surface area contributed by atoms with E-state index in [1.807, 2.05) is 54.3 Å². The van der Waals surface area contributed by atoms with Crippen molar-refractivity contribution in [1.29, 1.82) is 0 Å². The topological polar surface area (TPSA) is 71.0 Å². The first-order valence-corrected chi connectivity index (χ1v) is 8.91. The van der Waals surface area contributed by atoms with Gasteiger partial charge in [0.1, 0.15) is 0 Å². The number of thiazole rings is 1. The van der Waals surface area contributed by atoms with E-state index in [-0.39, 0.29) is 5.91 Å². The summed E-state index contributed by atoms with van der Waals surface area (Å²) in [5, 5.41) is 12.1. The first kappa shape index (κ1) is 15.7. The molecule has 0 radical (unpaired) electrons. The van der Waals surface area contributed by atoms with Crippen LogP contribution in [0, 0.1) is 6.92 Å². The van der Waals surface area contributed by atoms with Gasteiger partial charge >= 0.3 is 0 Å². The number of aromatic nitrogens is 3. The fraction of sp³-hybridized carbons (Fsp3) is 0.222. The Kier molecular flexibility index (Phi) is 4.15. The van der Waals surface area contributed by atoms with Gasteiger partial charge in [-0.2, -0.15) is 5.10 Å². The van der Waals surface area contributed by atoms with Gasteiger partial charge in [0.2, 0.25) is 0 Å². The molecular formula is C18H17N5OS. The smallest absolute Gasteiger partial charge is 0.254 e. The predicted octanol–water partition coefficient (Wildman–Crippen LogP) is 3.18. The third kappa shape index (κ3) is 3.36. The van der Waals surface area contributed by atoms with Crippen LogP contribution in [0.5, 0.6) is 0 Å². The number of carbonyl (C=O) groups is 1. The molecule has 1 amide bonds. The highest BCUT2D eigenvalue weighted by molar-refractivity contribution is 7.15. The van der Waals surface area contributed by atoms with Crippen molar-refractivity contribution in [3.05, 3.63) is 64.3 Å². The molecule has 0 spiro atoms. The zero-order valence-corrected chi connectivity index (χ0v) is 14.6. The minimum atomic E-state index is 0.0681. The number of anilines is 2. The van der Waals surface area contributed by atoms with Crippen LogP contribution in [-0.4, -0.2) is 32.5 Å². The first-order valence-electron chi connectivity index (χ1n) is 8.09. The van der Waals surface area contributed by atoms with Crippen molar-refractivity contribution in [3.8, 4) is 0 Å². The molecule has 1 N–H and O–H groups in total. The van der Waals surface area contributed by atoms with Gasteiger partial charge in [0, 0.05) is 23.4 Å². The molecular weight excluding hydrogens is 334 g/mol. The lowest BCUT2D eigenvalue weighted by molar-refractivity contribution is 0.0736. The molecule has 1 aromatic carbocycles. The Bertz CT molecular complexity index is 892. The number of carbonyl (C=O) groups excluding carboxylic acids is 1. The molecule has 6 nitrogen and oxygen atoms in total. The predicted molar refractivity (Wildman–Crippen MR) is 97.1 cm³/mol. The summed E-state index contributed by atoms with van der Waals surface area (Å²) in [6, 6.07) is 13.2. The molecule has 0 bridgehead atoms. The van der Waals surface area contributed by atoms with E-state index in [1.165, 1.54) is 0 Å². The minimum Gasteiger partial charge on any atom is -0.333 e. The van der Waals surface area contributed by atoms with Crippen LogP contribution in [0.1, 0.15) is 26.6 Å². The molecule has 0 fully saturated rings. The summed E-state index contributed by atoms with van der Waals surface area (Å²) < 4.78 is 0. The highest BCUT2D eigenvalue weighted by Crippen LogP contribution is 2.30. The van der Waals surface area contributed by atoms with Gasteiger partial charge in [0.25, 0.3) is 5.91 Å². The summed E-state index contributed by atoms with van der Waals surface area (Å²) >= 11 is 1.57. The van der Waals surface area contributed by atoms with E-state index in [2.05, 4.69) is 20.5 Å². The zero-order chi connectivity index (χ0) is 17.2. The molecule has 0 saturated carbocycles. The Morgan fingerprint density at radius 1 is 1.16 bits per heavy atom. The Labute approximate surface area is 149 Å². The van der Waals surface area contributed by atoms with Crippen molar-refractivity contribution in [1.82, 2.24) is 20.1 Å². The van der Waals surface area contributed by atoms with Crippen molar-refractivity contribution in [2.45, 2.75) is 19.9 Å². The number of benzene rings is 1. The molecule has 1 aliphatic rings. The van der Waals surface area contributed by atoms with Crippen molar-refractivity contribution >= 4 is 28.2 Å². The molecule has 0 saturated heterocycles. The molecule has 3 heterocycles. The van der Waals surface area contributed by atoms with Gasteiger partial charge in [0.15, 0.2) is 10.9 Å². The van der Waals surface area contributed by atoms with Crippen molar-refractivity contribution in [3.63, 3.8) is 0 Å². The molecule has 126 valence electrons. The molecule has 1 aliphatic heterocycles. The van der Waals surface area contributed by atoms with Crippen molar-refractivity contribution in [2.24, 2.45) is 0 Å². The summed E-state index contributed by atoms with van der Waals surface area (Å²) in [5.74, 6) is 0.743. The molecule has 3 aromatic rings. The van der Waals surface area contributed by atoms with Gasteiger partial charge in [-0.1, -0.05) is 29.5 Å². The Hall–Kier alpha value is -2.80. The first-order chi connectivity index (χ1) is 12.2. The molecule has 0 atom stereocenters. The molecule has 0 unspecified atom stereocenters. The number of nitrogens with one attached hydrogen (secondary N) is 1. The molecule has 0 aliphatic carbocycles. The monoisotopic (exact) mass is 351 g/mol. The summed E-state index contributed by atoms with van der Waals surface area (Å²) in [6.07, 6.45) is 0.770. The second kappa shape index (κ2) is 6.60. The van der Waals surface area contributed by atoms with E-state index in [4.69, 9.17) is 0 Å². The number of aryl methyl sites for hydroxylation is 1. The summed E-state index contributed by atoms with van der Waals surface area (Å²) in [4.78, 5) is 20.3. The lowest BCUT2D eigenvalue weighted by Gasteiger charge is -2.26. The highest BCUT2D eigenvalue weighted by atomic mass is 32.1. The Morgan fingerprint density at radius 2 is 2.00 bits per heavy atom. The van der Waals surface area contributed by atoms with Crippen LogP contribution in [0.25, 0.3) is 0 Å². The second-order valence-electron chi connectivity index (χ2n) is 5.92. The molecule has 7 heteroatoms. The summed E-state index contributed by atoms with van der Waals surface area (Å²) in [7, 11) is 0. The maximum absolute atomic E-state index is 12.6. The van der Waals surface area contributed by atoms with Gasteiger partial charge in [-0.05, 0) is 31.2 Å². The summed E-state index contributed by atoms with van der Waals surface area (Å²) in [6.45, 7) is 3.19. The fourth-order valence-electron chi connectivity index (χ4n) is 2.76. The lowest BCUT2D eigenvalue weighted by atomic mass is 10.1. The van der Waals surface area contributed by atoms with Crippen LogP contribution in [0.15, 0.2) is 42.5 Å². The number of hydrogen-bond donors (Lipinski definition) is 1. The highest BCUT2D eigenvalue weighted by Gasteiger charge is 2.25. The quantitative estimate of drug-likeness (QED) is 0.785. The van der Waals surface area contributed by atoms with E-state index in [9.17, 15) is 4.79 Å². The fourth-order valence-corrected chi connectivity index (χ4v) is 3.79. The van der Waals surface area contributed by atoms with E-state index in [0.717, 1.165) is 33.4 Å². The van der Waals surface area contributed by atoms with Gasteiger partial charge in [-0.15, -0.1) is 5.10 Å². The van der Waals surface area contributed by atoms with Crippen LogP contribution >= 0.6 is 11.3 Å². The van der Waals surface area contributed by atoms with E-state index in [0.29, 0.717) is 18.9 Å². The van der Waals surface area contributed by atoms with Crippen LogP contribution in [0.3, 0.4) is 0 Å². The van der Waals surface area contributed by atoms with E-state index in [1.54, 1.807) is 11.3 Å². The Balaban J connectivity index is 1.49. The third-order valence-corrected chi connectivity index (χ3v) is 5.07. The average Bonchev–Trinajstić information content (AvgIpc) is 3.05. The van der Waals surface area contributed by atoms with Gasteiger partial charge in [-0.25, -0.2) is 4.98 Å². The largest absolute Gasteiger partial charge is 0.333 e. The normalized spacial score (nSPS) is 13.4. The van der Waals surface area contributed by atoms with Gasteiger partial charge in [-0.3, -0.25) is 4.79 Å². The summed E-state index contributed by atoms with van der Waals surface area (Å²) in [5.41, 5.74) is 2.66. The zero-order valence-electron chi connectivity index (χ0n) is 13.8. The average molecular weight is 351 g/mol. The van der Waals surface area contributed by atoms with Gasteiger partial charge in [0.05, 0.1) is 17.9 Å². The van der Waals surface area contributed by atoms with Crippen molar-refractivity contribution in [2.75, 3.05) is 11.9 Å². The number of nitrogens with zero attached hydrogens (tertiary/aromatic N) is 4. The second-order valence-corrected chi connectivity index (χ2v) is 7.00.